The Morgan fingerprint density at radius 1 is 1.03 bits per heavy atom. The molecule has 0 bridgehead atoms. The normalized spacial score (nSPS) is 21.5. The zero-order chi connectivity index (χ0) is 21.4. The van der Waals surface area contributed by atoms with Gasteiger partial charge in [0.1, 0.15) is 5.82 Å². The van der Waals surface area contributed by atoms with E-state index in [2.05, 4.69) is 9.88 Å². The molecule has 4 rings (SSSR count). The summed E-state index contributed by atoms with van der Waals surface area (Å²) in [5.41, 5.74) is 0.295. The topological polar surface area (TPSA) is 105 Å². The number of aromatic nitrogens is 1. The van der Waals surface area contributed by atoms with Gasteiger partial charge in [-0.05, 0) is 36.8 Å². The number of piperazine rings is 1. The lowest BCUT2D eigenvalue weighted by molar-refractivity contribution is 0.0746. The maximum absolute atomic E-state index is 12.9. The Kier molecular flexibility index (Phi) is 5.54. The molecule has 0 radical (unpaired) electrons. The summed E-state index contributed by atoms with van der Waals surface area (Å²) in [6, 6.07) is 11.6. The number of nitrogens with zero attached hydrogens (tertiary/aromatic N) is 3. The van der Waals surface area contributed by atoms with Crippen molar-refractivity contribution in [1.82, 2.24) is 9.88 Å². The van der Waals surface area contributed by atoms with E-state index in [1.165, 1.54) is 18.2 Å². The molecule has 0 spiro atoms. The van der Waals surface area contributed by atoms with Crippen LogP contribution in [0.3, 0.4) is 0 Å². The van der Waals surface area contributed by atoms with Crippen LogP contribution in [-0.4, -0.2) is 75.6 Å². The van der Waals surface area contributed by atoms with Crippen molar-refractivity contribution in [2.24, 2.45) is 0 Å². The molecule has 8 nitrogen and oxygen atoms in total. The summed E-state index contributed by atoms with van der Waals surface area (Å²) >= 11 is 0. The minimum atomic E-state index is -3.81. The van der Waals surface area contributed by atoms with Gasteiger partial charge in [0.2, 0.25) is 0 Å². The zero-order valence-corrected chi connectivity index (χ0v) is 18.0. The van der Waals surface area contributed by atoms with E-state index in [0.717, 1.165) is 5.82 Å². The van der Waals surface area contributed by atoms with Gasteiger partial charge in [-0.3, -0.25) is 4.79 Å². The first-order valence-corrected chi connectivity index (χ1v) is 13.1. The van der Waals surface area contributed by atoms with Gasteiger partial charge in [0, 0.05) is 37.9 Å². The SMILES string of the molecule is O=C(c1cccc(S(=O)(=O)[C@@H]2CCS(=O)(=O)C2)c1)N1CCN(c2ccccn2)CC1. The van der Waals surface area contributed by atoms with Crippen molar-refractivity contribution in [3.8, 4) is 0 Å². The van der Waals surface area contributed by atoms with Crippen LogP contribution in [-0.2, 0) is 19.7 Å². The molecule has 0 aliphatic carbocycles. The van der Waals surface area contributed by atoms with Crippen molar-refractivity contribution in [2.45, 2.75) is 16.6 Å². The smallest absolute Gasteiger partial charge is 0.254 e. The second-order valence-corrected chi connectivity index (χ2v) is 12.0. The van der Waals surface area contributed by atoms with Crippen LogP contribution in [0.25, 0.3) is 0 Å². The number of sulfone groups is 2. The average Bonchev–Trinajstić information content (AvgIpc) is 3.14. The highest BCUT2D eigenvalue weighted by atomic mass is 32.2. The lowest BCUT2D eigenvalue weighted by Gasteiger charge is -2.35. The summed E-state index contributed by atoms with van der Waals surface area (Å²) in [6.07, 6.45) is 1.83. The fourth-order valence-corrected chi connectivity index (χ4v) is 8.27. The van der Waals surface area contributed by atoms with Crippen LogP contribution in [0.5, 0.6) is 0 Å². The summed E-state index contributed by atoms with van der Waals surface area (Å²) in [5.74, 6) is 0.162. The third-order valence-electron chi connectivity index (χ3n) is 5.58. The van der Waals surface area contributed by atoms with Crippen molar-refractivity contribution in [3.63, 3.8) is 0 Å². The lowest BCUT2D eigenvalue weighted by atomic mass is 10.2. The Bertz CT molecular complexity index is 1140. The second-order valence-electron chi connectivity index (χ2n) is 7.57. The first kappa shape index (κ1) is 20.8. The molecule has 0 unspecified atom stereocenters. The van der Waals surface area contributed by atoms with Crippen LogP contribution >= 0.6 is 0 Å². The molecule has 160 valence electrons. The van der Waals surface area contributed by atoms with E-state index in [-0.39, 0.29) is 28.7 Å². The number of benzene rings is 1. The van der Waals surface area contributed by atoms with E-state index in [1.807, 2.05) is 18.2 Å². The Morgan fingerprint density at radius 3 is 2.43 bits per heavy atom. The van der Waals surface area contributed by atoms with Crippen LogP contribution in [0.4, 0.5) is 5.82 Å². The molecule has 1 amide bonds. The van der Waals surface area contributed by atoms with E-state index in [9.17, 15) is 21.6 Å². The molecule has 2 aliphatic rings. The molecule has 1 aromatic heterocycles. The molecule has 2 saturated heterocycles. The van der Waals surface area contributed by atoms with Gasteiger partial charge in [-0.1, -0.05) is 12.1 Å². The summed E-state index contributed by atoms with van der Waals surface area (Å²) in [6.45, 7) is 2.29. The fourth-order valence-electron chi connectivity index (χ4n) is 3.87. The molecule has 3 heterocycles. The van der Waals surface area contributed by atoms with Crippen molar-refractivity contribution in [3.05, 3.63) is 54.2 Å². The second kappa shape index (κ2) is 7.99. The van der Waals surface area contributed by atoms with E-state index < -0.39 is 24.9 Å². The van der Waals surface area contributed by atoms with Crippen molar-refractivity contribution < 1.29 is 21.6 Å². The van der Waals surface area contributed by atoms with Crippen LogP contribution in [0.2, 0.25) is 0 Å². The van der Waals surface area contributed by atoms with E-state index in [4.69, 9.17) is 0 Å². The number of carbonyl (C=O) groups excluding carboxylic acids is 1. The van der Waals surface area contributed by atoms with Gasteiger partial charge < -0.3 is 9.80 Å². The van der Waals surface area contributed by atoms with Crippen molar-refractivity contribution in [2.75, 3.05) is 42.6 Å². The number of pyridine rings is 1. The standard InChI is InChI=1S/C20H23N3O5S2/c24-20(23-11-9-22(10-12-23)19-6-1-2-8-21-19)16-4-3-5-17(14-16)30(27,28)18-7-13-29(25,26)15-18/h1-6,8,14,18H,7,9-13,15H2/t18-/m1/s1. The molecule has 2 aromatic rings. The number of hydrogen-bond acceptors (Lipinski definition) is 7. The van der Waals surface area contributed by atoms with Gasteiger partial charge in [0.15, 0.2) is 19.7 Å². The number of anilines is 1. The van der Waals surface area contributed by atoms with E-state index >= 15 is 0 Å². The van der Waals surface area contributed by atoms with E-state index in [1.54, 1.807) is 17.2 Å². The third-order valence-corrected chi connectivity index (χ3v) is 9.75. The molecular formula is C20H23N3O5S2. The first-order chi connectivity index (χ1) is 14.3. The summed E-state index contributed by atoms with van der Waals surface area (Å²) < 4.78 is 49.1. The van der Waals surface area contributed by atoms with Crippen LogP contribution in [0.15, 0.2) is 53.6 Å². The van der Waals surface area contributed by atoms with Gasteiger partial charge in [-0.2, -0.15) is 0 Å². The summed E-state index contributed by atoms with van der Waals surface area (Å²) in [5, 5.41) is -0.949. The Labute approximate surface area is 176 Å². The molecule has 0 saturated carbocycles. The van der Waals surface area contributed by atoms with Gasteiger partial charge in [-0.25, -0.2) is 21.8 Å². The predicted molar refractivity (Wildman–Crippen MR) is 113 cm³/mol. The van der Waals surface area contributed by atoms with E-state index in [0.29, 0.717) is 31.7 Å². The number of hydrogen-bond donors (Lipinski definition) is 0. The molecular weight excluding hydrogens is 426 g/mol. The predicted octanol–water partition coefficient (Wildman–Crippen LogP) is 1.00. The van der Waals surface area contributed by atoms with Gasteiger partial charge in [0.25, 0.3) is 5.91 Å². The van der Waals surface area contributed by atoms with Crippen LogP contribution in [0.1, 0.15) is 16.8 Å². The zero-order valence-electron chi connectivity index (χ0n) is 16.3. The average molecular weight is 450 g/mol. The number of amides is 1. The highest BCUT2D eigenvalue weighted by Crippen LogP contribution is 2.26. The Balaban J connectivity index is 1.47. The summed E-state index contributed by atoms with van der Waals surface area (Å²) in [7, 11) is -7.13. The van der Waals surface area contributed by atoms with Crippen molar-refractivity contribution in [1.29, 1.82) is 0 Å². The fraction of sp³-hybridized carbons (Fsp3) is 0.400. The van der Waals surface area contributed by atoms with Crippen LogP contribution < -0.4 is 4.90 Å². The van der Waals surface area contributed by atoms with Crippen LogP contribution in [0, 0.1) is 0 Å². The summed E-state index contributed by atoms with van der Waals surface area (Å²) in [4.78, 5) is 21.1. The first-order valence-electron chi connectivity index (χ1n) is 9.76. The largest absolute Gasteiger partial charge is 0.353 e. The van der Waals surface area contributed by atoms with Crippen molar-refractivity contribution >= 4 is 31.4 Å². The Morgan fingerprint density at radius 2 is 1.80 bits per heavy atom. The molecule has 1 aromatic carbocycles. The molecule has 2 aliphatic heterocycles. The molecule has 10 heteroatoms. The van der Waals surface area contributed by atoms with Gasteiger partial charge >= 0.3 is 0 Å². The highest BCUT2D eigenvalue weighted by molar-refractivity contribution is 7.96. The molecule has 1 atom stereocenters. The number of carbonyl (C=O) groups is 1. The number of rotatable bonds is 4. The van der Waals surface area contributed by atoms with Gasteiger partial charge in [-0.15, -0.1) is 0 Å². The maximum Gasteiger partial charge on any atom is 0.254 e. The van der Waals surface area contributed by atoms with Gasteiger partial charge in [0.05, 0.1) is 21.7 Å². The third kappa shape index (κ3) is 4.20. The molecule has 30 heavy (non-hydrogen) atoms. The minimum Gasteiger partial charge on any atom is -0.353 e. The lowest BCUT2D eigenvalue weighted by Crippen LogP contribution is -2.49. The highest BCUT2D eigenvalue weighted by Gasteiger charge is 2.38. The monoisotopic (exact) mass is 449 g/mol. The maximum atomic E-state index is 12.9. The molecule has 2 fully saturated rings. The quantitative estimate of drug-likeness (QED) is 0.686. The molecule has 0 N–H and O–H groups in total. The minimum absolute atomic E-state index is 0.00238. The Hall–Kier alpha value is -2.46.